The van der Waals surface area contributed by atoms with Crippen molar-refractivity contribution in [2.75, 3.05) is 0 Å². The number of hydrogen-bond donors (Lipinski definition) is 0. The molecule has 0 N–H and O–H groups in total. The molecule has 2 rings (SSSR count). The number of carbonyl (C=O) groups excluding carboxylic acids is 1. The molecule has 0 amide bonds. The second kappa shape index (κ2) is 5.27. The summed E-state index contributed by atoms with van der Waals surface area (Å²) < 4.78 is 0. The minimum atomic E-state index is -1.04. The van der Waals surface area contributed by atoms with E-state index in [-0.39, 0.29) is 6.42 Å². The van der Waals surface area contributed by atoms with Gasteiger partial charge in [0.1, 0.15) is 0 Å². The molecule has 1 aromatic rings. The molecule has 1 aliphatic rings. The number of carboxylic acids is 1. The van der Waals surface area contributed by atoms with Crippen molar-refractivity contribution < 1.29 is 9.90 Å². The summed E-state index contributed by atoms with van der Waals surface area (Å²) in [5.41, 5.74) is 0.848. The average molecular weight is 241 g/mol. The molecule has 0 radical (unpaired) electrons. The van der Waals surface area contributed by atoms with Gasteiger partial charge >= 0.3 is 0 Å². The van der Waals surface area contributed by atoms with Crippen LogP contribution in [0.5, 0.6) is 0 Å². The van der Waals surface area contributed by atoms with E-state index in [9.17, 15) is 9.90 Å². The number of hydrogen-bond acceptors (Lipinski definition) is 2. The van der Waals surface area contributed by atoms with Gasteiger partial charge in [0.2, 0.25) is 0 Å². The summed E-state index contributed by atoms with van der Waals surface area (Å²) in [5.74, 6) is 2.17. The minimum absolute atomic E-state index is 0.00892. The quantitative estimate of drug-likeness (QED) is 0.760. The van der Waals surface area contributed by atoms with Gasteiger partial charge in [0, 0.05) is 17.8 Å². The van der Waals surface area contributed by atoms with E-state index in [4.69, 9.17) is 6.42 Å². The highest BCUT2D eigenvalue weighted by molar-refractivity contribution is 5.66. The van der Waals surface area contributed by atoms with Crippen LogP contribution in [0, 0.1) is 17.8 Å². The zero-order valence-electron chi connectivity index (χ0n) is 10.4. The lowest BCUT2D eigenvalue weighted by Crippen LogP contribution is -2.34. The Hall–Kier alpha value is -1.75. The van der Waals surface area contributed by atoms with E-state index < -0.39 is 11.4 Å². The molecule has 0 unspecified atom stereocenters. The van der Waals surface area contributed by atoms with Crippen LogP contribution >= 0.6 is 0 Å². The second-order valence-electron chi connectivity index (χ2n) is 5.16. The Morgan fingerprint density at radius 2 is 1.94 bits per heavy atom. The molecule has 1 aliphatic carbocycles. The standard InChI is InChI=1S/C16H18O2/c1-2-16(12-15(17)18)10-8-14(9-11-16)13-6-4-3-5-7-13/h1,3-7,14H,8-12H2,(H,17,18)/p-1. The topological polar surface area (TPSA) is 40.1 Å². The Morgan fingerprint density at radius 3 is 2.44 bits per heavy atom. The summed E-state index contributed by atoms with van der Waals surface area (Å²) in [6.45, 7) is 0. The third-order valence-electron chi connectivity index (χ3n) is 4.00. The van der Waals surface area contributed by atoms with Crippen LogP contribution in [0.4, 0.5) is 0 Å². The van der Waals surface area contributed by atoms with Crippen LogP contribution in [0.1, 0.15) is 43.6 Å². The zero-order chi connectivity index (χ0) is 13.0. The smallest absolute Gasteiger partial charge is 0.0429 e. The van der Waals surface area contributed by atoms with E-state index in [0.29, 0.717) is 5.92 Å². The van der Waals surface area contributed by atoms with Gasteiger partial charge in [-0.15, -0.1) is 6.42 Å². The first-order valence-corrected chi connectivity index (χ1v) is 6.38. The number of aliphatic carboxylic acids is 1. The maximum absolute atomic E-state index is 10.8. The third kappa shape index (κ3) is 2.73. The molecule has 0 heterocycles. The van der Waals surface area contributed by atoms with Crippen LogP contribution in [-0.2, 0) is 4.79 Å². The van der Waals surface area contributed by atoms with E-state index in [1.54, 1.807) is 0 Å². The van der Waals surface area contributed by atoms with Gasteiger partial charge in [-0.3, -0.25) is 0 Å². The first-order chi connectivity index (χ1) is 8.65. The van der Waals surface area contributed by atoms with Crippen LogP contribution in [0.2, 0.25) is 0 Å². The van der Waals surface area contributed by atoms with Gasteiger partial charge < -0.3 is 9.90 Å². The Bertz CT molecular complexity index is 448. The van der Waals surface area contributed by atoms with Gasteiger partial charge in [-0.1, -0.05) is 36.3 Å². The van der Waals surface area contributed by atoms with Crippen molar-refractivity contribution in [2.45, 2.75) is 38.0 Å². The number of carbonyl (C=O) groups is 1. The van der Waals surface area contributed by atoms with Gasteiger partial charge in [-0.05, 0) is 37.2 Å². The number of benzene rings is 1. The highest BCUT2D eigenvalue weighted by atomic mass is 16.4. The summed E-state index contributed by atoms with van der Waals surface area (Å²) in [7, 11) is 0. The van der Waals surface area contributed by atoms with Crippen molar-refractivity contribution in [3.63, 3.8) is 0 Å². The Kier molecular flexibility index (Phi) is 3.72. The molecule has 0 saturated heterocycles. The van der Waals surface area contributed by atoms with Gasteiger partial charge in [0.05, 0.1) is 0 Å². The fraction of sp³-hybridized carbons (Fsp3) is 0.438. The van der Waals surface area contributed by atoms with Crippen molar-refractivity contribution >= 4 is 5.97 Å². The van der Waals surface area contributed by atoms with Gasteiger partial charge in [-0.2, -0.15) is 0 Å². The number of rotatable bonds is 3. The highest BCUT2D eigenvalue weighted by Crippen LogP contribution is 2.44. The fourth-order valence-corrected chi connectivity index (χ4v) is 2.88. The molecule has 0 aliphatic heterocycles. The van der Waals surface area contributed by atoms with Crippen molar-refractivity contribution in [2.24, 2.45) is 5.41 Å². The largest absolute Gasteiger partial charge is 0.550 e. The molecule has 2 heteroatoms. The number of terminal acetylenes is 1. The van der Waals surface area contributed by atoms with E-state index in [1.165, 1.54) is 5.56 Å². The summed E-state index contributed by atoms with van der Waals surface area (Å²) in [4.78, 5) is 10.8. The molecule has 0 atom stereocenters. The maximum Gasteiger partial charge on any atom is 0.0429 e. The molecule has 94 valence electrons. The lowest BCUT2D eigenvalue weighted by Gasteiger charge is -2.36. The maximum atomic E-state index is 10.8. The fourth-order valence-electron chi connectivity index (χ4n) is 2.88. The molecule has 2 nitrogen and oxygen atoms in total. The highest BCUT2D eigenvalue weighted by Gasteiger charge is 2.34. The molecule has 1 aromatic carbocycles. The Balaban J connectivity index is 2.03. The molecule has 0 spiro atoms. The van der Waals surface area contributed by atoms with Crippen LogP contribution in [0.25, 0.3) is 0 Å². The van der Waals surface area contributed by atoms with E-state index in [1.807, 2.05) is 18.2 Å². The van der Waals surface area contributed by atoms with E-state index in [0.717, 1.165) is 25.7 Å². The predicted molar refractivity (Wildman–Crippen MR) is 68.5 cm³/mol. The average Bonchev–Trinajstić information content (AvgIpc) is 2.40. The van der Waals surface area contributed by atoms with Crippen LogP contribution in [-0.4, -0.2) is 5.97 Å². The second-order valence-corrected chi connectivity index (χ2v) is 5.16. The van der Waals surface area contributed by atoms with Crippen LogP contribution in [0.15, 0.2) is 30.3 Å². The molecule has 18 heavy (non-hydrogen) atoms. The Labute approximate surface area is 108 Å². The number of carboxylic acid groups (broad SMARTS) is 1. The monoisotopic (exact) mass is 241 g/mol. The first-order valence-electron chi connectivity index (χ1n) is 6.38. The van der Waals surface area contributed by atoms with Gasteiger partial charge in [-0.25, -0.2) is 0 Å². The molecule has 0 aromatic heterocycles. The van der Waals surface area contributed by atoms with Crippen LogP contribution < -0.4 is 5.11 Å². The molecular weight excluding hydrogens is 224 g/mol. The zero-order valence-corrected chi connectivity index (χ0v) is 10.4. The van der Waals surface area contributed by atoms with Crippen LogP contribution in [0.3, 0.4) is 0 Å². The molecular formula is C16H17O2-. The van der Waals surface area contributed by atoms with Crippen molar-refractivity contribution in [3.8, 4) is 12.3 Å². The lowest BCUT2D eigenvalue weighted by molar-refractivity contribution is -0.307. The summed E-state index contributed by atoms with van der Waals surface area (Å²) in [6.07, 6.45) is 8.99. The van der Waals surface area contributed by atoms with Crippen molar-refractivity contribution in [1.29, 1.82) is 0 Å². The molecule has 1 saturated carbocycles. The first kappa shape index (κ1) is 12.7. The van der Waals surface area contributed by atoms with Gasteiger partial charge in [0.25, 0.3) is 0 Å². The lowest BCUT2D eigenvalue weighted by atomic mass is 9.68. The summed E-state index contributed by atoms with van der Waals surface area (Å²) in [6, 6.07) is 10.4. The van der Waals surface area contributed by atoms with Crippen molar-refractivity contribution in [1.82, 2.24) is 0 Å². The third-order valence-corrected chi connectivity index (χ3v) is 4.00. The normalized spacial score (nSPS) is 27.4. The van der Waals surface area contributed by atoms with Gasteiger partial charge in [0.15, 0.2) is 0 Å². The Morgan fingerprint density at radius 1 is 1.33 bits per heavy atom. The van der Waals surface area contributed by atoms with E-state index >= 15 is 0 Å². The summed E-state index contributed by atoms with van der Waals surface area (Å²) >= 11 is 0. The minimum Gasteiger partial charge on any atom is -0.550 e. The SMILES string of the molecule is C#CC1(CC(=O)[O-])CCC(c2ccccc2)CC1. The molecule has 0 bridgehead atoms. The molecule has 1 fully saturated rings. The summed E-state index contributed by atoms with van der Waals surface area (Å²) in [5, 5.41) is 10.8. The van der Waals surface area contributed by atoms with Crippen molar-refractivity contribution in [3.05, 3.63) is 35.9 Å². The van der Waals surface area contributed by atoms with E-state index in [2.05, 4.69) is 18.1 Å². The predicted octanol–water partition coefficient (Wildman–Crippen LogP) is 2.10.